The van der Waals surface area contributed by atoms with Gasteiger partial charge in [-0.1, -0.05) is 27.7 Å². The Morgan fingerprint density at radius 2 is 2.17 bits per heavy atom. The Kier molecular flexibility index (Phi) is 4.82. The van der Waals surface area contributed by atoms with Crippen molar-refractivity contribution in [3.05, 3.63) is 16.1 Å². The number of nitrogens with zero attached hydrogens (tertiary/aromatic N) is 1. The Hall–Kier alpha value is -1.47. The van der Waals surface area contributed by atoms with Crippen molar-refractivity contribution in [3.63, 3.8) is 0 Å². The van der Waals surface area contributed by atoms with E-state index >= 15 is 0 Å². The molecule has 1 aromatic heterocycles. The summed E-state index contributed by atoms with van der Waals surface area (Å²) in [4.78, 5) is 28.6. The minimum Gasteiger partial charge on any atom is -0.479 e. The van der Waals surface area contributed by atoms with Gasteiger partial charge in [-0.3, -0.25) is 4.79 Å². The van der Waals surface area contributed by atoms with E-state index in [9.17, 15) is 14.7 Å². The molecular formula is C16H24N2O4S. The number of carboxylic acids is 1. The monoisotopic (exact) mass is 340 g/mol. The second-order valence-electron chi connectivity index (χ2n) is 6.76. The fraction of sp³-hybridized carbons (Fsp3) is 0.688. The number of rotatable bonds is 6. The maximum atomic E-state index is 12.5. The minimum absolute atomic E-state index is 0.189. The summed E-state index contributed by atoms with van der Waals surface area (Å²) >= 11 is 1.41. The molecule has 128 valence electrons. The van der Waals surface area contributed by atoms with Crippen molar-refractivity contribution in [3.8, 4) is 0 Å². The average molecular weight is 340 g/mol. The number of thiazole rings is 1. The Bertz CT molecular complexity index is 611. The summed E-state index contributed by atoms with van der Waals surface area (Å²) in [5, 5.41) is 14.9. The van der Waals surface area contributed by atoms with Crippen LogP contribution in [-0.4, -0.2) is 40.2 Å². The Labute approximate surface area is 140 Å². The third kappa shape index (κ3) is 2.87. The number of carboxylic acid groups (broad SMARTS) is 1. The van der Waals surface area contributed by atoms with Crippen LogP contribution in [0.5, 0.6) is 0 Å². The first kappa shape index (κ1) is 17.9. The maximum Gasteiger partial charge on any atom is 0.330 e. The van der Waals surface area contributed by atoms with Crippen molar-refractivity contribution < 1.29 is 19.4 Å². The quantitative estimate of drug-likeness (QED) is 0.831. The van der Waals surface area contributed by atoms with Gasteiger partial charge >= 0.3 is 5.97 Å². The molecule has 0 saturated heterocycles. The van der Waals surface area contributed by atoms with Gasteiger partial charge in [-0.15, -0.1) is 11.3 Å². The van der Waals surface area contributed by atoms with Crippen molar-refractivity contribution in [2.24, 2.45) is 5.41 Å². The molecule has 0 bridgehead atoms. The molecule has 7 heteroatoms. The van der Waals surface area contributed by atoms with Crippen LogP contribution in [0.4, 0.5) is 0 Å². The van der Waals surface area contributed by atoms with Gasteiger partial charge in [0.05, 0.1) is 11.1 Å². The molecule has 0 radical (unpaired) electrons. The molecule has 2 N–H and O–H groups in total. The largest absolute Gasteiger partial charge is 0.479 e. The lowest BCUT2D eigenvalue weighted by Crippen LogP contribution is -2.76. The lowest BCUT2D eigenvalue weighted by molar-refractivity contribution is -0.190. The molecule has 6 nitrogen and oxygen atoms in total. The zero-order valence-corrected chi connectivity index (χ0v) is 15.0. The molecule has 1 heterocycles. The SMILES string of the molecule is CCO[C@@H]1C[C@@](NC(=O)c2csc(C(C)C)n2)(C(=O)O)C1(C)C. The van der Waals surface area contributed by atoms with Gasteiger partial charge in [0, 0.05) is 29.7 Å². The van der Waals surface area contributed by atoms with Gasteiger partial charge < -0.3 is 15.2 Å². The molecule has 0 aromatic carbocycles. The number of carbonyl (C=O) groups excluding carboxylic acids is 1. The predicted molar refractivity (Wildman–Crippen MR) is 87.8 cm³/mol. The highest BCUT2D eigenvalue weighted by atomic mass is 32.1. The second-order valence-corrected chi connectivity index (χ2v) is 7.65. The Balaban J connectivity index is 2.20. The zero-order valence-electron chi connectivity index (χ0n) is 14.2. The van der Waals surface area contributed by atoms with Crippen molar-refractivity contribution in [1.82, 2.24) is 10.3 Å². The van der Waals surface area contributed by atoms with E-state index < -0.39 is 22.8 Å². The number of hydrogen-bond acceptors (Lipinski definition) is 5. The van der Waals surface area contributed by atoms with E-state index in [1.807, 2.05) is 34.6 Å². The maximum absolute atomic E-state index is 12.5. The average Bonchev–Trinajstić information content (AvgIpc) is 2.95. The molecule has 2 atom stereocenters. The van der Waals surface area contributed by atoms with Gasteiger partial charge in [0.15, 0.2) is 0 Å². The van der Waals surface area contributed by atoms with E-state index in [0.29, 0.717) is 6.61 Å². The number of carbonyl (C=O) groups is 2. The zero-order chi connectivity index (χ0) is 17.4. The van der Waals surface area contributed by atoms with Gasteiger partial charge in [0.25, 0.3) is 5.91 Å². The summed E-state index contributed by atoms with van der Waals surface area (Å²) < 4.78 is 5.59. The second kappa shape index (κ2) is 6.20. The first-order valence-electron chi connectivity index (χ1n) is 7.78. The summed E-state index contributed by atoms with van der Waals surface area (Å²) in [5.41, 5.74) is -1.75. The fourth-order valence-corrected chi connectivity index (χ4v) is 3.77. The number of ether oxygens (including phenoxy) is 1. The van der Waals surface area contributed by atoms with E-state index in [0.717, 1.165) is 5.01 Å². The normalized spacial score (nSPS) is 25.9. The lowest BCUT2D eigenvalue weighted by Gasteiger charge is -2.58. The first-order chi connectivity index (χ1) is 10.7. The van der Waals surface area contributed by atoms with E-state index in [-0.39, 0.29) is 24.1 Å². The smallest absolute Gasteiger partial charge is 0.330 e. The molecule has 0 unspecified atom stereocenters. The molecule has 1 aliphatic rings. The third-order valence-electron chi connectivity index (χ3n) is 4.70. The summed E-state index contributed by atoms with van der Waals surface area (Å²) in [5.74, 6) is -1.25. The van der Waals surface area contributed by atoms with Crippen molar-refractivity contribution in [2.75, 3.05) is 6.61 Å². The summed E-state index contributed by atoms with van der Waals surface area (Å²) in [6.07, 6.45) is 0.0707. The number of aliphatic carboxylic acids is 1. The fourth-order valence-electron chi connectivity index (χ4n) is 2.95. The van der Waals surface area contributed by atoms with Crippen LogP contribution in [-0.2, 0) is 9.53 Å². The molecule has 0 spiro atoms. The van der Waals surface area contributed by atoms with Crippen molar-refractivity contribution in [1.29, 1.82) is 0 Å². The van der Waals surface area contributed by atoms with Gasteiger partial charge in [-0.05, 0) is 6.92 Å². The molecule has 1 amide bonds. The van der Waals surface area contributed by atoms with E-state index in [4.69, 9.17) is 4.74 Å². The minimum atomic E-state index is -1.33. The number of nitrogens with one attached hydrogen (secondary N) is 1. The molecule has 1 aliphatic carbocycles. The summed E-state index contributed by atoms with van der Waals surface area (Å²) in [6, 6.07) is 0. The number of amides is 1. The number of hydrogen-bond donors (Lipinski definition) is 2. The summed E-state index contributed by atoms with van der Waals surface area (Å²) in [7, 11) is 0. The van der Waals surface area contributed by atoms with E-state index in [2.05, 4.69) is 10.3 Å². The Morgan fingerprint density at radius 1 is 1.52 bits per heavy atom. The van der Waals surface area contributed by atoms with Crippen LogP contribution in [0.3, 0.4) is 0 Å². The molecule has 1 fully saturated rings. The highest BCUT2D eigenvalue weighted by Gasteiger charge is 2.66. The molecule has 2 rings (SSSR count). The van der Waals surface area contributed by atoms with Crippen LogP contribution in [0.15, 0.2) is 5.38 Å². The van der Waals surface area contributed by atoms with E-state index in [1.165, 1.54) is 11.3 Å². The van der Waals surface area contributed by atoms with Crippen LogP contribution in [0, 0.1) is 5.41 Å². The van der Waals surface area contributed by atoms with Crippen LogP contribution >= 0.6 is 11.3 Å². The molecular weight excluding hydrogens is 316 g/mol. The van der Waals surface area contributed by atoms with Gasteiger partial charge in [-0.2, -0.15) is 0 Å². The van der Waals surface area contributed by atoms with Crippen LogP contribution in [0.2, 0.25) is 0 Å². The van der Waals surface area contributed by atoms with Crippen molar-refractivity contribution >= 4 is 23.2 Å². The molecule has 1 saturated carbocycles. The third-order valence-corrected chi connectivity index (χ3v) is 5.85. The summed E-state index contributed by atoms with van der Waals surface area (Å²) in [6.45, 7) is 10.0. The molecule has 23 heavy (non-hydrogen) atoms. The highest BCUT2D eigenvalue weighted by Crippen LogP contribution is 2.51. The van der Waals surface area contributed by atoms with E-state index in [1.54, 1.807) is 5.38 Å². The molecule has 1 aromatic rings. The van der Waals surface area contributed by atoms with Crippen LogP contribution < -0.4 is 5.32 Å². The predicted octanol–water partition coefficient (Wildman–Crippen LogP) is 2.65. The van der Waals surface area contributed by atoms with Gasteiger partial charge in [-0.25, -0.2) is 9.78 Å². The van der Waals surface area contributed by atoms with Crippen LogP contribution in [0.25, 0.3) is 0 Å². The topological polar surface area (TPSA) is 88.5 Å². The Morgan fingerprint density at radius 3 is 2.61 bits per heavy atom. The van der Waals surface area contributed by atoms with Crippen LogP contribution in [0.1, 0.15) is 62.5 Å². The number of aromatic nitrogens is 1. The highest BCUT2D eigenvalue weighted by molar-refractivity contribution is 7.09. The van der Waals surface area contributed by atoms with Crippen molar-refractivity contribution in [2.45, 2.75) is 58.6 Å². The standard InChI is InChI=1S/C16H24N2O4S/c1-6-22-11-7-16(14(20)21,15(11,4)5)18-12(19)10-8-23-13(17-10)9(2)3/h8-9,11H,6-7H2,1-5H3,(H,18,19)(H,20,21)/t11-,16-/m1/s1. The molecule has 0 aliphatic heterocycles. The first-order valence-corrected chi connectivity index (χ1v) is 8.66. The van der Waals surface area contributed by atoms with Gasteiger partial charge in [0.1, 0.15) is 11.2 Å². The lowest BCUT2D eigenvalue weighted by atomic mass is 9.54. The van der Waals surface area contributed by atoms with Gasteiger partial charge in [0.2, 0.25) is 0 Å².